The van der Waals surface area contributed by atoms with Crippen LogP contribution >= 0.6 is 0 Å². The van der Waals surface area contributed by atoms with Crippen molar-refractivity contribution in [2.24, 2.45) is 0 Å². The van der Waals surface area contributed by atoms with Crippen molar-refractivity contribution in [3.8, 4) is 0 Å². The molecule has 0 aromatic heterocycles. The van der Waals surface area contributed by atoms with Crippen molar-refractivity contribution in [1.29, 1.82) is 0 Å². The lowest BCUT2D eigenvalue weighted by Crippen LogP contribution is -2.32. The highest BCUT2D eigenvalue weighted by Crippen LogP contribution is 2.23. The molecule has 0 aliphatic heterocycles. The van der Waals surface area contributed by atoms with Crippen molar-refractivity contribution in [3.05, 3.63) is 29.3 Å². The Kier molecular flexibility index (Phi) is 6.79. The minimum absolute atomic E-state index is 0.157. The zero-order chi connectivity index (χ0) is 17.5. The number of aryl methyl sites for hydroxylation is 1. The minimum atomic E-state index is -0.536. The van der Waals surface area contributed by atoms with E-state index in [1.807, 2.05) is 19.1 Å². The number of anilines is 1. The molecule has 1 aromatic rings. The maximum Gasteiger partial charge on any atom is 0.253 e. The largest absolute Gasteiger partial charge is 0.365 e. The van der Waals surface area contributed by atoms with Gasteiger partial charge in [-0.05, 0) is 38.3 Å². The van der Waals surface area contributed by atoms with Gasteiger partial charge in [0, 0.05) is 7.05 Å². The lowest BCUT2D eigenvalue weighted by molar-refractivity contribution is -0.130. The topological polar surface area (TPSA) is 67.4 Å². The molecule has 0 bridgehead atoms. The number of hydrogen-bond acceptors (Lipinski definition) is 3. The zero-order valence-corrected chi connectivity index (χ0v) is 14.9. The molecule has 0 radical (unpaired) electrons. The first kappa shape index (κ1) is 18.5. The molecule has 1 aliphatic rings. The monoisotopic (exact) mass is 332 g/mol. The number of hydrogen-bond donors (Lipinski definition) is 2. The van der Waals surface area contributed by atoms with Crippen LogP contribution in [0.15, 0.2) is 18.2 Å². The average Bonchev–Trinajstić information content (AvgIpc) is 2.83. The van der Waals surface area contributed by atoms with E-state index >= 15 is 0 Å². The average molecular weight is 332 g/mol. The van der Waals surface area contributed by atoms with Crippen molar-refractivity contribution in [3.63, 3.8) is 0 Å². The first-order chi connectivity index (χ1) is 11.5. The normalized spacial score (nSPS) is 17.0. The summed E-state index contributed by atoms with van der Waals surface area (Å²) in [5, 5.41) is 5.46. The van der Waals surface area contributed by atoms with Crippen LogP contribution in [0.3, 0.4) is 0 Å². The maximum absolute atomic E-state index is 12.5. The van der Waals surface area contributed by atoms with Crippen LogP contribution in [-0.2, 0) is 9.53 Å². The third-order valence-electron chi connectivity index (χ3n) is 4.55. The van der Waals surface area contributed by atoms with Gasteiger partial charge >= 0.3 is 0 Å². The number of nitrogens with one attached hydrogen (secondary N) is 2. The summed E-state index contributed by atoms with van der Waals surface area (Å²) < 4.78 is 5.95. The third-order valence-corrected chi connectivity index (χ3v) is 4.55. The molecule has 2 amide bonds. The van der Waals surface area contributed by atoms with Gasteiger partial charge in [-0.25, -0.2) is 0 Å². The predicted octanol–water partition coefficient (Wildman–Crippen LogP) is 3.42. The Hall–Kier alpha value is -1.88. The Bertz CT molecular complexity index is 578. The molecule has 1 atom stereocenters. The summed E-state index contributed by atoms with van der Waals surface area (Å²) in [5.74, 6) is -0.421. The molecule has 5 heteroatoms. The van der Waals surface area contributed by atoms with Gasteiger partial charge in [0.05, 0.1) is 17.4 Å². The van der Waals surface area contributed by atoms with Gasteiger partial charge in [0.25, 0.3) is 11.8 Å². The highest BCUT2D eigenvalue weighted by Gasteiger charge is 2.22. The second kappa shape index (κ2) is 8.83. The Balaban J connectivity index is 2.03. The predicted molar refractivity (Wildman–Crippen MR) is 95.2 cm³/mol. The number of benzene rings is 1. The van der Waals surface area contributed by atoms with E-state index < -0.39 is 6.10 Å². The standard InChI is InChI=1S/C19H28N2O3/c1-13-9-8-12-16(17(13)19(23)20-3)21-18(22)14(2)24-15-10-6-4-5-7-11-15/h8-9,12,14-15H,4-7,10-11H2,1-3H3,(H,20,23)(H,21,22)/t14-/m1/s1. The number of carbonyl (C=O) groups excluding carboxylic acids is 2. The van der Waals surface area contributed by atoms with Gasteiger partial charge in [-0.15, -0.1) is 0 Å². The minimum Gasteiger partial charge on any atom is -0.365 e. The number of amides is 2. The number of carbonyl (C=O) groups is 2. The Morgan fingerprint density at radius 2 is 1.83 bits per heavy atom. The van der Waals surface area contributed by atoms with Gasteiger partial charge in [-0.2, -0.15) is 0 Å². The Labute approximate surface area is 144 Å². The SMILES string of the molecule is CNC(=O)c1c(C)cccc1NC(=O)[C@@H](C)OC1CCCCCC1. The van der Waals surface area contributed by atoms with Gasteiger partial charge in [-0.1, -0.05) is 37.8 Å². The first-order valence-electron chi connectivity index (χ1n) is 8.81. The summed E-state index contributed by atoms with van der Waals surface area (Å²) in [7, 11) is 1.58. The van der Waals surface area contributed by atoms with Crippen molar-refractivity contribution >= 4 is 17.5 Å². The quantitative estimate of drug-likeness (QED) is 0.812. The van der Waals surface area contributed by atoms with Gasteiger partial charge in [0.2, 0.25) is 0 Å². The molecule has 0 heterocycles. The summed E-state index contributed by atoms with van der Waals surface area (Å²) in [6.45, 7) is 3.63. The van der Waals surface area contributed by atoms with E-state index in [0.29, 0.717) is 11.3 Å². The van der Waals surface area contributed by atoms with Crippen LogP contribution in [0.2, 0.25) is 0 Å². The molecule has 2 N–H and O–H groups in total. The second-order valence-electron chi connectivity index (χ2n) is 6.46. The molecule has 5 nitrogen and oxygen atoms in total. The molecule has 2 rings (SSSR count). The van der Waals surface area contributed by atoms with E-state index in [-0.39, 0.29) is 17.9 Å². The van der Waals surface area contributed by atoms with E-state index in [4.69, 9.17) is 4.74 Å². The molecular formula is C19H28N2O3. The molecular weight excluding hydrogens is 304 g/mol. The van der Waals surface area contributed by atoms with E-state index in [0.717, 1.165) is 31.2 Å². The molecule has 1 fully saturated rings. The highest BCUT2D eigenvalue weighted by molar-refractivity contribution is 6.05. The zero-order valence-electron chi connectivity index (χ0n) is 14.9. The fourth-order valence-electron chi connectivity index (χ4n) is 3.16. The molecule has 132 valence electrons. The van der Waals surface area contributed by atoms with Crippen molar-refractivity contribution in [1.82, 2.24) is 5.32 Å². The van der Waals surface area contributed by atoms with E-state index in [1.54, 1.807) is 20.0 Å². The summed E-state index contributed by atoms with van der Waals surface area (Å²) in [5.41, 5.74) is 1.84. The number of rotatable bonds is 5. The van der Waals surface area contributed by atoms with Crippen LogP contribution in [0.4, 0.5) is 5.69 Å². The maximum atomic E-state index is 12.5. The van der Waals surface area contributed by atoms with Crippen molar-refractivity contribution < 1.29 is 14.3 Å². The summed E-state index contributed by atoms with van der Waals surface area (Å²) in [6, 6.07) is 5.42. The number of ether oxygens (including phenoxy) is 1. The van der Waals surface area contributed by atoms with Gasteiger partial charge in [0.1, 0.15) is 6.10 Å². The van der Waals surface area contributed by atoms with Crippen molar-refractivity contribution in [2.75, 3.05) is 12.4 Å². The van der Waals surface area contributed by atoms with E-state index in [1.165, 1.54) is 12.8 Å². The summed E-state index contributed by atoms with van der Waals surface area (Å²) >= 11 is 0. The van der Waals surface area contributed by atoms with E-state index in [9.17, 15) is 9.59 Å². The summed E-state index contributed by atoms with van der Waals surface area (Å²) in [6.07, 6.45) is 6.49. The van der Waals surface area contributed by atoms with Crippen LogP contribution in [0.1, 0.15) is 61.4 Å². The first-order valence-corrected chi connectivity index (χ1v) is 8.81. The molecule has 0 unspecified atom stereocenters. The van der Waals surface area contributed by atoms with Crippen LogP contribution in [0.25, 0.3) is 0 Å². The fourth-order valence-corrected chi connectivity index (χ4v) is 3.16. The lowest BCUT2D eigenvalue weighted by atomic mass is 10.1. The van der Waals surface area contributed by atoms with Crippen LogP contribution < -0.4 is 10.6 Å². The molecule has 0 spiro atoms. The van der Waals surface area contributed by atoms with E-state index in [2.05, 4.69) is 10.6 Å². The Morgan fingerprint density at radius 1 is 1.17 bits per heavy atom. The third kappa shape index (κ3) is 4.81. The van der Waals surface area contributed by atoms with Gasteiger partial charge in [0.15, 0.2) is 0 Å². The van der Waals surface area contributed by atoms with Gasteiger partial charge in [-0.3, -0.25) is 9.59 Å². The molecule has 24 heavy (non-hydrogen) atoms. The molecule has 1 aliphatic carbocycles. The molecule has 0 saturated heterocycles. The van der Waals surface area contributed by atoms with Crippen LogP contribution in [0, 0.1) is 6.92 Å². The fraction of sp³-hybridized carbons (Fsp3) is 0.579. The lowest BCUT2D eigenvalue weighted by Gasteiger charge is -2.21. The van der Waals surface area contributed by atoms with Gasteiger partial charge < -0.3 is 15.4 Å². The smallest absolute Gasteiger partial charge is 0.253 e. The summed E-state index contributed by atoms with van der Waals surface area (Å²) in [4.78, 5) is 24.5. The van der Waals surface area contributed by atoms with Crippen molar-refractivity contribution in [2.45, 2.75) is 64.6 Å². The van der Waals surface area contributed by atoms with Crippen LogP contribution in [-0.4, -0.2) is 31.1 Å². The molecule has 1 saturated carbocycles. The van der Waals surface area contributed by atoms with Crippen LogP contribution in [0.5, 0.6) is 0 Å². The second-order valence-corrected chi connectivity index (χ2v) is 6.46. The molecule has 1 aromatic carbocycles. The highest BCUT2D eigenvalue weighted by atomic mass is 16.5. The Morgan fingerprint density at radius 3 is 2.46 bits per heavy atom.